The van der Waals surface area contributed by atoms with Crippen LogP contribution in [0.3, 0.4) is 0 Å². The molecule has 622 valence electrons. The maximum atomic E-state index is 2.75. The average molecular weight is 1700 g/mol. The Labute approximate surface area is 780 Å². The van der Waals surface area contributed by atoms with Crippen LogP contribution in [0.25, 0.3) is 94.3 Å². The standard InChI is InChI=1S/C130H84BN3/c1-9-41-87(42-10-1)127(88-43-11-2-12-44-88)108-65-33-25-59-98(108)104-77-85(73-75-112(104)127)96-57-29-37-69-118(96)133-122-83-114-106(100-61-27-35-67-110(100)129(114,91-49-17-5-18-50-91)92-51-19-6-20-52-92)81-116(122)131-117-82-107-101-62-28-36-68-111(101)130(93-53-21-7-22-54-93,94-55-23-8-24-56-94)115(107)84-123(117)134(125-80-95(79-124(133)126(125)131)132-120-71-39-31-63-102(120)103-64-32-40-72-121(103)132)119-70-38-30-58-97(119)86-74-76-113-105(78-86)99-60-26-34-66-109(99)128(113,89-45-13-3-14-46-89)90-47-15-4-16-48-90/h1-84H. The normalized spacial score (nSPS) is 14.5. The first kappa shape index (κ1) is 76.0. The molecule has 3 heterocycles. The lowest BCUT2D eigenvalue weighted by atomic mass is 9.33. The zero-order valence-corrected chi connectivity index (χ0v) is 73.4. The summed E-state index contributed by atoms with van der Waals surface area (Å²) in [6.45, 7) is -0.382. The molecule has 28 rings (SSSR count). The van der Waals surface area contributed by atoms with Gasteiger partial charge >= 0.3 is 0 Å². The second-order valence-corrected chi connectivity index (χ2v) is 37.0. The van der Waals surface area contributed by atoms with Gasteiger partial charge in [0.1, 0.15) is 0 Å². The maximum Gasteiger partial charge on any atom is 0.252 e. The second-order valence-electron chi connectivity index (χ2n) is 37.0. The first-order valence-electron chi connectivity index (χ1n) is 47.0. The van der Waals surface area contributed by atoms with Crippen LogP contribution in [0.1, 0.15) is 89.0 Å². The lowest BCUT2D eigenvalue weighted by molar-refractivity contribution is 0.768. The molecular formula is C130H84BN3. The largest absolute Gasteiger partial charge is 0.311 e. The summed E-state index contributed by atoms with van der Waals surface area (Å²) in [7, 11) is 0. The number of anilines is 6. The quantitative estimate of drug-likeness (QED) is 0.107. The Hall–Kier alpha value is -16.9. The number of nitrogens with zero attached hydrogens (tertiary/aromatic N) is 3. The fourth-order valence-corrected chi connectivity index (χ4v) is 25.8. The topological polar surface area (TPSA) is 11.4 Å². The number of aromatic nitrogens is 1. The van der Waals surface area contributed by atoms with Crippen molar-refractivity contribution in [1.82, 2.24) is 4.57 Å². The predicted molar refractivity (Wildman–Crippen MR) is 555 cm³/mol. The molecular weight excluding hydrogens is 1610 g/mol. The van der Waals surface area contributed by atoms with Crippen molar-refractivity contribution in [3.63, 3.8) is 0 Å². The van der Waals surface area contributed by atoms with Gasteiger partial charge in [-0.1, -0.05) is 449 Å². The molecule has 0 spiro atoms. The Bertz CT molecular complexity index is 7910. The SMILES string of the molecule is c1ccc(C2(c3ccccc3)c3ccccc3-c3cc(-c4ccccc4N4c5cc6c(cc5B5c7cc8c(cc7N(c7ccccc7-c7ccc9c(c7)-c7ccccc7C9(c7ccccc7)c7ccccc7)c7cc(-n9c%10ccccc%10c%10ccccc%109)cc4c75)C(c4ccccc4)(c4ccccc4)c4ccccc4-8)-c4ccccc4C6(c4ccccc4)c4ccccc4)ccc32)cc1. The molecule has 2 aliphatic heterocycles. The van der Waals surface area contributed by atoms with Gasteiger partial charge < -0.3 is 14.4 Å². The molecule has 0 saturated heterocycles. The van der Waals surface area contributed by atoms with Crippen LogP contribution in [0, 0.1) is 0 Å². The van der Waals surface area contributed by atoms with E-state index in [1.165, 1.54) is 161 Å². The minimum atomic E-state index is -0.764. The molecule has 0 atom stereocenters. The Kier molecular flexibility index (Phi) is 16.6. The summed E-state index contributed by atoms with van der Waals surface area (Å²) >= 11 is 0. The third kappa shape index (κ3) is 10.3. The van der Waals surface area contributed by atoms with Gasteiger partial charge in [-0.3, -0.25) is 0 Å². The molecule has 0 bridgehead atoms. The number of para-hydroxylation sites is 4. The molecule has 134 heavy (non-hydrogen) atoms. The zero-order valence-electron chi connectivity index (χ0n) is 73.4. The zero-order chi connectivity index (χ0) is 88.0. The minimum absolute atomic E-state index is 0.382. The summed E-state index contributed by atoms with van der Waals surface area (Å²) in [5.74, 6) is 0. The highest BCUT2D eigenvalue weighted by atomic mass is 15.2. The van der Waals surface area contributed by atoms with E-state index < -0.39 is 21.7 Å². The van der Waals surface area contributed by atoms with Crippen molar-refractivity contribution in [2.75, 3.05) is 9.80 Å². The van der Waals surface area contributed by atoms with Crippen LogP contribution >= 0.6 is 0 Å². The van der Waals surface area contributed by atoms with Gasteiger partial charge in [0, 0.05) is 44.6 Å². The first-order chi connectivity index (χ1) is 66.5. The van der Waals surface area contributed by atoms with E-state index in [9.17, 15) is 0 Å². The third-order valence-electron chi connectivity index (χ3n) is 30.9. The van der Waals surface area contributed by atoms with Crippen molar-refractivity contribution >= 4 is 79.0 Å². The lowest BCUT2D eigenvalue weighted by Crippen LogP contribution is -2.61. The van der Waals surface area contributed by atoms with Crippen molar-refractivity contribution in [3.05, 3.63) is 599 Å². The summed E-state index contributed by atoms with van der Waals surface area (Å²) < 4.78 is 2.58. The molecule has 21 aromatic carbocycles. The summed E-state index contributed by atoms with van der Waals surface area (Å²) in [6, 6.07) is 195. The molecule has 6 aliphatic rings. The number of fused-ring (bicyclic) bond motifs is 19. The Balaban J connectivity index is 0.783. The van der Waals surface area contributed by atoms with Crippen LogP contribution in [0.5, 0.6) is 0 Å². The number of rotatable bonds is 13. The summed E-state index contributed by atoms with van der Waals surface area (Å²) in [5, 5.41) is 2.38. The van der Waals surface area contributed by atoms with E-state index in [0.29, 0.717) is 0 Å². The average Bonchev–Trinajstić information content (AvgIpc) is 1.35. The van der Waals surface area contributed by atoms with Crippen LogP contribution in [0.4, 0.5) is 34.1 Å². The Morgan fingerprint density at radius 1 is 0.164 bits per heavy atom. The lowest BCUT2D eigenvalue weighted by Gasteiger charge is -2.46. The van der Waals surface area contributed by atoms with Crippen LogP contribution in [0.2, 0.25) is 0 Å². The fraction of sp³-hybridized carbons (Fsp3) is 0.0308. The monoisotopic (exact) mass is 1700 g/mol. The van der Waals surface area contributed by atoms with Crippen molar-refractivity contribution in [2.45, 2.75) is 21.7 Å². The van der Waals surface area contributed by atoms with Crippen LogP contribution in [-0.2, 0) is 21.7 Å². The summed E-state index contributed by atoms with van der Waals surface area (Å²) in [4.78, 5) is 5.50. The van der Waals surface area contributed by atoms with Gasteiger partial charge in [0.25, 0.3) is 6.71 Å². The molecule has 0 radical (unpaired) electrons. The van der Waals surface area contributed by atoms with Gasteiger partial charge in [-0.15, -0.1) is 0 Å². The van der Waals surface area contributed by atoms with Crippen molar-refractivity contribution in [3.8, 4) is 72.4 Å². The van der Waals surface area contributed by atoms with E-state index in [-0.39, 0.29) is 6.71 Å². The summed E-state index contributed by atoms with van der Waals surface area (Å²) in [5.41, 5.74) is 44.9. The molecule has 4 aliphatic carbocycles. The highest BCUT2D eigenvalue weighted by molar-refractivity contribution is 7.00. The first-order valence-corrected chi connectivity index (χ1v) is 47.0. The van der Waals surface area contributed by atoms with Crippen molar-refractivity contribution in [1.29, 1.82) is 0 Å². The molecule has 3 nitrogen and oxygen atoms in total. The smallest absolute Gasteiger partial charge is 0.252 e. The van der Waals surface area contributed by atoms with E-state index in [1.807, 2.05) is 0 Å². The van der Waals surface area contributed by atoms with Gasteiger partial charge in [0.05, 0.1) is 49.8 Å². The molecule has 4 heteroatoms. The highest BCUT2D eigenvalue weighted by Gasteiger charge is 2.55. The number of hydrogen-bond acceptors (Lipinski definition) is 2. The fourth-order valence-electron chi connectivity index (χ4n) is 25.8. The van der Waals surface area contributed by atoms with E-state index in [4.69, 9.17) is 0 Å². The Morgan fingerprint density at radius 3 is 0.724 bits per heavy atom. The molecule has 0 N–H and O–H groups in total. The predicted octanol–water partition coefficient (Wildman–Crippen LogP) is 29.7. The van der Waals surface area contributed by atoms with Gasteiger partial charge in [0.2, 0.25) is 0 Å². The Morgan fingerprint density at radius 2 is 0.410 bits per heavy atom. The highest BCUT2D eigenvalue weighted by Crippen LogP contribution is 2.65. The molecule has 0 unspecified atom stereocenters. The van der Waals surface area contributed by atoms with Crippen molar-refractivity contribution < 1.29 is 0 Å². The second kappa shape index (κ2) is 29.3. The summed E-state index contributed by atoms with van der Waals surface area (Å²) in [6.07, 6.45) is 0. The molecule has 22 aromatic rings. The molecule has 1 aromatic heterocycles. The molecule has 0 fully saturated rings. The van der Waals surface area contributed by atoms with Crippen molar-refractivity contribution in [2.24, 2.45) is 0 Å². The van der Waals surface area contributed by atoms with Crippen LogP contribution in [0.15, 0.2) is 510 Å². The van der Waals surface area contributed by atoms with Gasteiger partial charge in [-0.25, -0.2) is 0 Å². The van der Waals surface area contributed by atoms with Gasteiger partial charge in [-0.05, 0) is 222 Å². The van der Waals surface area contributed by atoms with Crippen LogP contribution in [-0.4, -0.2) is 11.3 Å². The van der Waals surface area contributed by atoms with E-state index in [2.05, 4.69) is 524 Å². The van der Waals surface area contributed by atoms with Gasteiger partial charge in [0.15, 0.2) is 0 Å². The molecule has 0 saturated carbocycles. The van der Waals surface area contributed by atoms with E-state index in [1.54, 1.807) is 0 Å². The molecule has 0 amide bonds. The third-order valence-corrected chi connectivity index (χ3v) is 30.9. The van der Waals surface area contributed by atoms with Gasteiger partial charge in [-0.2, -0.15) is 0 Å². The van der Waals surface area contributed by atoms with E-state index >= 15 is 0 Å². The van der Waals surface area contributed by atoms with Crippen LogP contribution < -0.4 is 26.2 Å². The van der Waals surface area contributed by atoms with E-state index in [0.717, 1.165) is 73.1 Å². The number of hydrogen-bond donors (Lipinski definition) is 0. The maximum absolute atomic E-state index is 2.75. The minimum Gasteiger partial charge on any atom is -0.311 e. The number of benzene rings is 21.